The van der Waals surface area contributed by atoms with Gasteiger partial charge in [0.05, 0.1) is 25.7 Å². The van der Waals surface area contributed by atoms with Crippen molar-refractivity contribution >= 4 is 12.1 Å². The molecule has 1 fully saturated rings. The number of hydrogen-bond acceptors (Lipinski definition) is 8. The van der Waals surface area contributed by atoms with Crippen molar-refractivity contribution in [2.75, 3.05) is 33.2 Å². The molecule has 2 aliphatic rings. The van der Waals surface area contributed by atoms with E-state index in [-0.39, 0.29) is 11.6 Å². The Morgan fingerprint density at radius 2 is 1.85 bits per heavy atom. The number of amidine groups is 1. The van der Waals surface area contributed by atoms with Gasteiger partial charge in [-0.15, -0.1) is 5.10 Å². The minimum atomic E-state index is -2.88. The van der Waals surface area contributed by atoms with Crippen molar-refractivity contribution in [3.63, 3.8) is 0 Å². The topological polar surface area (TPSA) is 99.4 Å². The zero-order valence-corrected chi connectivity index (χ0v) is 18.7. The number of halogens is 2. The highest BCUT2D eigenvalue weighted by Crippen LogP contribution is 2.23. The molecule has 2 aliphatic heterocycles. The molecule has 1 saturated heterocycles. The first kappa shape index (κ1) is 21.9. The molecule has 0 saturated carbocycles. The lowest BCUT2D eigenvalue weighted by Gasteiger charge is -2.26. The molecular formula is C22H23F2N8O2+. The van der Waals surface area contributed by atoms with Gasteiger partial charge >= 0.3 is 12.4 Å². The lowest BCUT2D eigenvalue weighted by atomic mass is 10.2. The Balaban J connectivity index is 1.26. The highest BCUT2D eigenvalue weighted by Gasteiger charge is 2.27. The Morgan fingerprint density at radius 3 is 2.59 bits per heavy atom. The molecule has 3 aromatic rings. The lowest BCUT2D eigenvalue weighted by Crippen LogP contribution is -2.47. The predicted molar refractivity (Wildman–Crippen MR) is 120 cm³/mol. The molecule has 0 unspecified atom stereocenters. The van der Waals surface area contributed by atoms with Crippen LogP contribution in [0.1, 0.15) is 5.82 Å². The number of nitrogens with zero attached hydrogens (tertiary/aromatic N) is 8. The smallest absolute Gasteiger partial charge is 0.387 e. The van der Waals surface area contributed by atoms with Crippen LogP contribution in [0.15, 0.2) is 40.4 Å². The summed E-state index contributed by atoms with van der Waals surface area (Å²) < 4.78 is 40.7. The SMILES string of the molecule is Cc1nc(-c2nc(-c3ccc(OC(F)F)cc3)no2)nn1CC1=CC(N2CCN(C)CC2)=[N+]=C1. The van der Waals surface area contributed by atoms with Gasteiger partial charge in [0.2, 0.25) is 11.6 Å². The van der Waals surface area contributed by atoms with E-state index in [1.165, 1.54) is 12.1 Å². The average molecular weight is 469 g/mol. The van der Waals surface area contributed by atoms with E-state index in [1.807, 2.05) is 13.1 Å². The van der Waals surface area contributed by atoms with Crippen LogP contribution in [-0.4, -0.2) is 86.6 Å². The van der Waals surface area contributed by atoms with Gasteiger partial charge in [0.1, 0.15) is 11.6 Å². The summed E-state index contributed by atoms with van der Waals surface area (Å²) >= 11 is 0. The zero-order chi connectivity index (χ0) is 23.7. The summed E-state index contributed by atoms with van der Waals surface area (Å²) in [5.41, 5.74) is 1.62. The number of piperazine rings is 1. The molecule has 176 valence electrons. The maximum Gasteiger partial charge on any atom is 0.387 e. The van der Waals surface area contributed by atoms with Gasteiger partial charge < -0.3 is 9.26 Å². The molecule has 4 heterocycles. The second-order valence-corrected chi connectivity index (χ2v) is 8.09. The Morgan fingerprint density at radius 1 is 1.09 bits per heavy atom. The Labute approximate surface area is 193 Å². The molecule has 0 spiro atoms. The van der Waals surface area contributed by atoms with Crippen molar-refractivity contribution in [2.24, 2.45) is 0 Å². The molecule has 2 aromatic heterocycles. The fraction of sp³-hybridized carbons (Fsp3) is 0.364. The molecule has 0 aliphatic carbocycles. The standard InChI is InChI=1S/C22H23F2N8O2/c1-14-26-20(21-27-19(29-34-21)16-3-5-17(6-4-16)33-22(23)24)28-32(14)13-15-11-18(25-12-15)31-9-7-30(2)8-10-31/h3-6,11-12,22H,7-10,13H2,1-2H3/q+1. The van der Waals surface area contributed by atoms with Crippen molar-refractivity contribution in [2.45, 2.75) is 20.1 Å². The number of aryl methyl sites for hydroxylation is 1. The summed E-state index contributed by atoms with van der Waals surface area (Å²) in [5, 5.41) is 8.47. The summed E-state index contributed by atoms with van der Waals surface area (Å²) in [7, 11) is 2.13. The van der Waals surface area contributed by atoms with Gasteiger partial charge in [-0.1, -0.05) is 5.16 Å². The lowest BCUT2D eigenvalue weighted by molar-refractivity contribution is -0.0498. The molecule has 10 nitrogen and oxygen atoms in total. The summed E-state index contributed by atoms with van der Waals surface area (Å²) in [6.07, 6.45) is 3.94. The molecule has 34 heavy (non-hydrogen) atoms. The highest BCUT2D eigenvalue weighted by molar-refractivity contribution is 6.04. The number of aromatic nitrogens is 5. The van der Waals surface area contributed by atoms with Gasteiger partial charge in [-0.3, -0.25) is 4.90 Å². The summed E-state index contributed by atoms with van der Waals surface area (Å²) in [6, 6.07) is 5.98. The van der Waals surface area contributed by atoms with E-state index in [0.29, 0.717) is 29.6 Å². The molecular weight excluding hydrogens is 446 g/mol. The first-order valence-electron chi connectivity index (χ1n) is 10.8. The molecule has 0 N–H and O–H groups in total. The van der Waals surface area contributed by atoms with Crippen molar-refractivity contribution in [1.29, 1.82) is 0 Å². The summed E-state index contributed by atoms with van der Waals surface area (Å²) in [5.74, 6) is 2.51. The van der Waals surface area contributed by atoms with Crippen LogP contribution < -0.4 is 9.40 Å². The molecule has 1 aromatic carbocycles. The van der Waals surface area contributed by atoms with Crippen LogP contribution in [0.2, 0.25) is 0 Å². The van der Waals surface area contributed by atoms with Crippen LogP contribution in [0.5, 0.6) is 5.75 Å². The summed E-state index contributed by atoms with van der Waals surface area (Å²) in [6.45, 7) is 3.46. The van der Waals surface area contributed by atoms with Crippen LogP contribution in [-0.2, 0) is 6.54 Å². The second kappa shape index (κ2) is 9.16. The number of hydrogen-bond donors (Lipinski definition) is 0. The van der Waals surface area contributed by atoms with Crippen molar-refractivity contribution in [3.8, 4) is 28.9 Å². The molecule has 12 heteroatoms. The average Bonchev–Trinajstić information content (AvgIpc) is 3.56. The molecule has 0 amide bonds. The first-order chi connectivity index (χ1) is 16.4. The number of benzene rings is 1. The van der Waals surface area contributed by atoms with Gasteiger partial charge in [0.25, 0.3) is 5.89 Å². The zero-order valence-electron chi connectivity index (χ0n) is 18.7. The van der Waals surface area contributed by atoms with E-state index in [1.54, 1.807) is 16.8 Å². The minimum Gasteiger partial charge on any atom is -0.435 e. The monoisotopic (exact) mass is 469 g/mol. The van der Waals surface area contributed by atoms with E-state index in [4.69, 9.17) is 4.52 Å². The Hall–Kier alpha value is -3.89. The van der Waals surface area contributed by atoms with Crippen LogP contribution in [0, 0.1) is 6.92 Å². The quantitative estimate of drug-likeness (QED) is 0.503. The third kappa shape index (κ3) is 4.73. The maximum absolute atomic E-state index is 12.3. The summed E-state index contributed by atoms with van der Waals surface area (Å²) in [4.78, 5) is 13.4. The van der Waals surface area contributed by atoms with Crippen LogP contribution in [0.3, 0.4) is 0 Å². The van der Waals surface area contributed by atoms with Gasteiger partial charge in [-0.25, -0.2) is 19.2 Å². The third-order valence-electron chi connectivity index (χ3n) is 5.65. The number of alkyl halides is 2. The van der Waals surface area contributed by atoms with Gasteiger partial charge in [0.15, 0.2) is 6.21 Å². The van der Waals surface area contributed by atoms with Gasteiger partial charge in [0, 0.05) is 24.2 Å². The van der Waals surface area contributed by atoms with Crippen molar-refractivity contribution in [3.05, 3.63) is 41.7 Å². The first-order valence-corrected chi connectivity index (χ1v) is 10.8. The Bertz CT molecular complexity index is 1270. The van der Waals surface area contributed by atoms with Crippen molar-refractivity contribution < 1.29 is 18.0 Å². The third-order valence-corrected chi connectivity index (χ3v) is 5.65. The molecule has 0 atom stereocenters. The number of allylic oxidation sites excluding steroid dienone is 1. The fourth-order valence-electron chi connectivity index (χ4n) is 3.73. The Kier molecular flexibility index (Phi) is 5.91. The van der Waals surface area contributed by atoms with Crippen LogP contribution >= 0.6 is 0 Å². The second-order valence-electron chi connectivity index (χ2n) is 8.09. The predicted octanol–water partition coefficient (Wildman–Crippen LogP) is 1.63. The number of rotatable bonds is 6. The van der Waals surface area contributed by atoms with Crippen LogP contribution in [0.25, 0.3) is 23.1 Å². The van der Waals surface area contributed by atoms with E-state index < -0.39 is 6.61 Å². The van der Waals surface area contributed by atoms with E-state index >= 15 is 0 Å². The van der Waals surface area contributed by atoms with Crippen LogP contribution in [0.4, 0.5) is 8.78 Å². The maximum atomic E-state index is 12.3. The molecule has 0 radical (unpaired) electrons. The highest BCUT2D eigenvalue weighted by atomic mass is 19.3. The molecule has 5 rings (SSSR count). The largest absolute Gasteiger partial charge is 0.435 e. The van der Waals surface area contributed by atoms with Gasteiger partial charge in [-0.05, 0) is 38.2 Å². The minimum absolute atomic E-state index is 0.0521. The van der Waals surface area contributed by atoms with Crippen molar-refractivity contribution in [1.82, 2.24) is 39.4 Å². The number of ether oxygens (including phenoxy) is 1. The molecule has 0 bridgehead atoms. The number of likely N-dealkylation sites (N-methyl/N-ethyl adjacent to an activating group) is 1. The normalized spacial score (nSPS) is 16.3. The van der Waals surface area contributed by atoms with E-state index in [9.17, 15) is 8.78 Å². The van der Waals surface area contributed by atoms with E-state index in [0.717, 1.165) is 37.6 Å². The van der Waals surface area contributed by atoms with E-state index in [2.05, 4.69) is 52.6 Å². The fourth-order valence-corrected chi connectivity index (χ4v) is 3.73. The van der Waals surface area contributed by atoms with Gasteiger partial charge in [-0.2, -0.15) is 13.8 Å².